The molecule has 0 saturated heterocycles. The smallest absolute Gasteiger partial charge is 0.162 e. The van der Waals surface area contributed by atoms with Crippen molar-refractivity contribution < 1.29 is 0 Å². The molecule has 1 aromatic carbocycles. The molecule has 1 atom stereocenters. The van der Waals surface area contributed by atoms with Crippen molar-refractivity contribution >= 4 is 27.4 Å². The number of pyridine rings is 1. The maximum absolute atomic E-state index is 6.40. The Balaban J connectivity index is 1.64. The number of aromatic nitrogens is 3. The number of nitrogens with zero attached hydrogens (tertiary/aromatic N) is 3. The number of hydrogen-bond acceptors (Lipinski definition) is 6. The van der Waals surface area contributed by atoms with Crippen LogP contribution in [-0.2, 0) is 6.42 Å². The van der Waals surface area contributed by atoms with E-state index in [9.17, 15) is 0 Å². The Labute approximate surface area is 186 Å². The summed E-state index contributed by atoms with van der Waals surface area (Å²) in [5.74, 6) is 7.97. The number of nitrogens with one attached hydrogen (secondary N) is 1. The molecule has 0 spiro atoms. The van der Waals surface area contributed by atoms with E-state index in [4.69, 9.17) is 15.7 Å². The standard InChI is InChI=1S/C25H25N5S/c1-2-3-5-10-20-17-31-23-22(20)29-24(19-11-13-27-14-12-19)30-25(23)28-16-21(26)15-18-8-6-4-7-9-18/h4,6-9,11-14,17,21H,2-3,15-16,26H2,1H3,(H,28,29,30). The lowest BCUT2D eigenvalue weighted by atomic mass is 10.1. The molecule has 1 unspecified atom stereocenters. The lowest BCUT2D eigenvalue weighted by molar-refractivity contribution is 0.698. The van der Waals surface area contributed by atoms with Gasteiger partial charge in [0.15, 0.2) is 5.82 Å². The second kappa shape index (κ2) is 10.2. The maximum Gasteiger partial charge on any atom is 0.162 e. The number of nitrogens with two attached hydrogens (primary N) is 1. The monoisotopic (exact) mass is 427 g/mol. The Morgan fingerprint density at radius 2 is 1.90 bits per heavy atom. The largest absolute Gasteiger partial charge is 0.367 e. The zero-order valence-electron chi connectivity index (χ0n) is 17.5. The van der Waals surface area contributed by atoms with E-state index in [1.807, 2.05) is 30.3 Å². The molecule has 0 radical (unpaired) electrons. The first-order valence-electron chi connectivity index (χ1n) is 10.5. The van der Waals surface area contributed by atoms with E-state index >= 15 is 0 Å². The van der Waals surface area contributed by atoms with Crippen molar-refractivity contribution in [3.8, 4) is 23.2 Å². The Morgan fingerprint density at radius 1 is 1.10 bits per heavy atom. The van der Waals surface area contributed by atoms with Crippen molar-refractivity contribution in [1.29, 1.82) is 0 Å². The first kappa shape index (κ1) is 21.0. The van der Waals surface area contributed by atoms with Crippen LogP contribution in [-0.4, -0.2) is 27.5 Å². The van der Waals surface area contributed by atoms with Gasteiger partial charge in [0.2, 0.25) is 0 Å². The lowest BCUT2D eigenvalue weighted by Gasteiger charge is -2.14. The van der Waals surface area contributed by atoms with Crippen LogP contribution >= 0.6 is 11.3 Å². The number of fused-ring (bicyclic) bond motifs is 1. The molecular formula is C25H25N5S. The van der Waals surface area contributed by atoms with Gasteiger partial charge in [-0.3, -0.25) is 4.98 Å². The Morgan fingerprint density at radius 3 is 2.68 bits per heavy atom. The van der Waals surface area contributed by atoms with Gasteiger partial charge in [-0.1, -0.05) is 49.1 Å². The van der Waals surface area contributed by atoms with Crippen molar-refractivity contribution in [3.05, 3.63) is 71.4 Å². The third kappa shape index (κ3) is 5.26. The lowest BCUT2D eigenvalue weighted by Crippen LogP contribution is -2.31. The summed E-state index contributed by atoms with van der Waals surface area (Å²) in [6, 6.07) is 14.1. The minimum absolute atomic E-state index is 0.0273. The summed E-state index contributed by atoms with van der Waals surface area (Å²) in [6.07, 6.45) is 6.22. The van der Waals surface area contributed by atoms with Crippen LogP contribution in [0.2, 0.25) is 0 Å². The van der Waals surface area contributed by atoms with Crippen LogP contribution < -0.4 is 11.1 Å². The normalized spacial score (nSPS) is 11.7. The molecule has 3 heterocycles. The zero-order chi connectivity index (χ0) is 21.5. The molecule has 0 bridgehead atoms. The topological polar surface area (TPSA) is 76.7 Å². The molecular weight excluding hydrogens is 402 g/mol. The van der Waals surface area contributed by atoms with Crippen molar-refractivity contribution in [2.45, 2.75) is 32.2 Å². The van der Waals surface area contributed by atoms with Crippen molar-refractivity contribution in [2.75, 3.05) is 11.9 Å². The number of thiophene rings is 1. The molecule has 4 aromatic rings. The van der Waals surface area contributed by atoms with Gasteiger partial charge < -0.3 is 11.1 Å². The van der Waals surface area contributed by atoms with E-state index in [0.717, 1.165) is 46.4 Å². The van der Waals surface area contributed by atoms with Crippen LogP contribution in [0.25, 0.3) is 21.6 Å². The summed E-state index contributed by atoms with van der Waals surface area (Å²) in [5, 5.41) is 5.53. The third-order valence-electron chi connectivity index (χ3n) is 4.82. The van der Waals surface area contributed by atoms with Gasteiger partial charge in [-0.25, -0.2) is 9.97 Å². The molecule has 0 saturated carbocycles. The fourth-order valence-corrected chi connectivity index (χ4v) is 4.16. The summed E-state index contributed by atoms with van der Waals surface area (Å²) in [6.45, 7) is 2.75. The van der Waals surface area contributed by atoms with Gasteiger partial charge in [0.05, 0.1) is 10.3 Å². The Hall–Kier alpha value is -3.27. The minimum Gasteiger partial charge on any atom is -0.367 e. The number of rotatable bonds is 7. The third-order valence-corrected chi connectivity index (χ3v) is 5.80. The molecule has 31 heavy (non-hydrogen) atoms. The quantitative estimate of drug-likeness (QED) is 0.411. The summed E-state index contributed by atoms with van der Waals surface area (Å²) < 4.78 is 1.01. The highest BCUT2D eigenvalue weighted by Crippen LogP contribution is 2.32. The Kier molecular flexibility index (Phi) is 6.88. The summed E-state index contributed by atoms with van der Waals surface area (Å²) in [5.41, 5.74) is 10.4. The zero-order valence-corrected chi connectivity index (χ0v) is 18.3. The van der Waals surface area contributed by atoms with E-state index in [-0.39, 0.29) is 6.04 Å². The summed E-state index contributed by atoms with van der Waals surface area (Å²) in [4.78, 5) is 13.8. The van der Waals surface area contributed by atoms with Crippen LogP contribution in [0.15, 0.2) is 60.2 Å². The molecule has 5 nitrogen and oxygen atoms in total. The molecule has 0 aliphatic rings. The van der Waals surface area contributed by atoms with E-state index in [2.05, 4.69) is 46.6 Å². The highest BCUT2D eigenvalue weighted by atomic mass is 32.1. The van der Waals surface area contributed by atoms with Crippen molar-refractivity contribution in [1.82, 2.24) is 15.0 Å². The van der Waals surface area contributed by atoms with E-state index in [1.165, 1.54) is 5.56 Å². The molecule has 6 heteroatoms. The maximum atomic E-state index is 6.40. The van der Waals surface area contributed by atoms with Crippen LogP contribution in [0.3, 0.4) is 0 Å². The summed E-state index contributed by atoms with van der Waals surface area (Å²) in [7, 11) is 0. The number of unbranched alkanes of at least 4 members (excludes halogenated alkanes) is 1. The van der Waals surface area contributed by atoms with Crippen molar-refractivity contribution in [2.24, 2.45) is 5.73 Å². The van der Waals surface area contributed by atoms with E-state index < -0.39 is 0 Å². The molecule has 0 aliphatic heterocycles. The van der Waals surface area contributed by atoms with Crippen LogP contribution in [0.5, 0.6) is 0 Å². The van der Waals surface area contributed by atoms with Gasteiger partial charge in [-0.05, 0) is 30.5 Å². The molecule has 4 rings (SSSR count). The van der Waals surface area contributed by atoms with Crippen LogP contribution in [0.1, 0.15) is 30.9 Å². The fourth-order valence-electron chi connectivity index (χ4n) is 3.26. The van der Waals surface area contributed by atoms with Gasteiger partial charge >= 0.3 is 0 Å². The average molecular weight is 428 g/mol. The molecule has 0 aliphatic carbocycles. The molecule has 0 amide bonds. The van der Waals surface area contributed by atoms with Crippen LogP contribution in [0.4, 0.5) is 5.82 Å². The van der Waals surface area contributed by atoms with Gasteiger partial charge in [0.25, 0.3) is 0 Å². The SMILES string of the molecule is CCCC#Cc1csc2c(NCC(N)Cc3ccccc3)nc(-c3ccncc3)nc12. The Bertz CT molecular complexity index is 1190. The predicted molar refractivity (Wildman–Crippen MR) is 129 cm³/mol. The average Bonchev–Trinajstić information content (AvgIpc) is 3.22. The summed E-state index contributed by atoms with van der Waals surface area (Å²) >= 11 is 1.61. The molecule has 156 valence electrons. The second-order valence-electron chi connectivity index (χ2n) is 7.34. The molecule has 3 aromatic heterocycles. The number of benzene rings is 1. The van der Waals surface area contributed by atoms with Gasteiger partial charge in [0.1, 0.15) is 11.3 Å². The highest BCUT2D eigenvalue weighted by Gasteiger charge is 2.15. The first-order chi connectivity index (χ1) is 15.2. The van der Waals surface area contributed by atoms with Gasteiger partial charge in [-0.15, -0.1) is 11.3 Å². The number of anilines is 1. The minimum atomic E-state index is -0.0273. The highest BCUT2D eigenvalue weighted by molar-refractivity contribution is 7.18. The van der Waals surface area contributed by atoms with Gasteiger partial charge in [-0.2, -0.15) is 0 Å². The molecule has 3 N–H and O–H groups in total. The number of hydrogen-bond donors (Lipinski definition) is 2. The van der Waals surface area contributed by atoms with Crippen LogP contribution in [0, 0.1) is 11.8 Å². The fraction of sp³-hybridized carbons (Fsp3) is 0.240. The first-order valence-corrected chi connectivity index (χ1v) is 11.3. The van der Waals surface area contributed by atoms with Crippen molar-refractivity contribution in [3.63, 3.8) is 0 Å². The molecule has 0 fully saturated rings. The second-order valence-corrected chi connectivity index (χ2v) is 8.22. The van der Waals surface area contributed by atoms with Gasteiger partial charge in [0, 0.05) is 42.3 Å². The predicted octanol–water partition coefficient (Wildman–Crippen LogP) is 4.89. The van der Waals surface area contributed by atoms with E-state index in [1.54, 1.807) is 23.7 Å². The van der Waals surface area contributed by atoms with E-state index in [0.29, 0.717) is 12.4 Å².